The van der Waals surface area contributed by atoms with Gasteiger partial charge in [0.2, 0.25) is 0 Å². The first-order chi connectivity index (χ1) is 12.0. The van der Waals surface area contributed by atoms with Crippen LogP contribution in [0.4, 0.5) is 0 Å². The molecule has 0 N–H and O–H groups in total. The van der Waals surface area contributed by atoms with Crippen molar-refractivity contribution in [3.8, 4) is 0 Å². The lowest BCUT2D eigenvalue weighted by Crippen LogP contribution is -2.51. The largest absolute Gasteiger partial charge is 0.456 e. The Kier molecular flexibility index (Phi) is 9.83. The Morgan fingerprint density at radius 3 is 2.32 bits per heavy atom. The Balaban J connectivity index is 2.60. The van der Waals surface area contributed by atoms with Crippen LogP contribution in [0.5, 0.6) is 0 Å². The van der Waals surface area contributed by atoms with Gasteiger partial charge in [-0.15, -0.1) is 0 Å². The summed E-state index contributed by atoms with van der Waals surface area (Å²) in [6.07, 6.45) is 2.27. The number of rotatable bonds is 11. The fraction of sp³-hybridized carbons (Fsp3) is 0.600. The lowest BCUT2D eigenvalue weighted by molar-refractivity contribution is -0.926. The van der Waals surface area contributed by atoms with Crippen LogP contribution in [0.3, 0.4) is 0 Å². The zero-order valence-corrected chi connectivity index (χ0v) is 16.9. The number of carbonyl (C=O) groups excluding carboxylic acids is 2. The molecule has 0 atom stereocenters. The minimum atomic E-state index is -0.281. The first-order valence-electron chi connectivity index (χ1n) is 9.20. The molecule has 0 aliphatic heterocycles. The zero-order valence-electron chi connectivity index (χ0n) is 16.0. The molecule has 1 aromatic rings. The molecular formula is C20H32NO3S+. The number of benzene rings is 1. The van der Waals surface area contributed by atoms with Crippen molar-refractivity contribution in [1.82, 2.24) is 0 Å². The highest BCUT2D eigenvalue weighted by molar-refractivity contribution is 8.12. The van der Waals surface area contributed by atoms with Gasteiger partial charge in [-0.3, -0.25) is 4.79 Å². The Morgan fingerprint density at radius 2 is 1.76 bits per heavy atom. The highest BCUT2D eigenvalue weighted by atomic mass is 32.2. The predicted molar refractivity (Wildman–Crippen MR) is 105 cm³/mol. The molecular weight excluding hydrogens is 334 g/mol. The lowest BCUT2D eigenvalue weighted by atomic mass is 10.1. The van der Waals surface area contributed by atoms with E-state index in [1.54, 1.807) is 13.0 Å². The predicted octanol–water partition coefficient (Wildman–Crippen LogP) is 4.28. The molecule has 140 valence electrons. The van der Waals surface area contributed by atoms with Crippen LogP contribution in [0.15, 0.2) is 24.3 Å². The molecule has 0 saturated carbocycles. The van der Waals surface area contributed by atoms with Gasteiger partial charge in [0.05, 0.1) is 25.2 Å². The average molecular weight is 367 g/mol. The third-order valence-corrected chi connectivity index (χ3v) is 5.35. The molecule has 1 aromatic carbocycles. The summed E-state index contributed by atoms with van der Waals surface area (Å²) in [6.45, 7) is 12.8. The van der Waals surface area contributed by atoms with Crippen LogP contribution in [-0.4, -0.2) is 48.4 Å². The van der Waals surface area contributed by atoms with Crippen molar-refractivity contribution in [2.45, 2.75) is 46.3 Å². The van der Waals surface area contributed by atoms with Crippen molar-refractivity contribution in [3.05, 3.63) is 35.4 Å². The van der Waals surface area contributed by atoms with Gasteiger partial charge < -0.3 is 9.22 Å². The van der Waals surface area contributed by atoms with E-state index >= 15 is 0 Å². The molecule has 5 heteroatoms. The van der Waals surface area contributed by atoms with Crippen LogP contribution < -0.4 is 0 Å². The molecule has 0 heterocycles. The Labute approximate surface area is 156 Å². The maximum absolute atomic E-state index is 12.3. The summed E-state index contributed by atoms with van der Waals surface area (Å²) in [5.74, 6) is 0.302. The third-order valence-electron chi connectivity index (χ3n) is 4.47. The Hall–Kier alpha value is -1.33. The molecule has 0 bridgehead atoms. The van der Waals surface area contributed by atoms with E-state index in [1.807, 2.05) is 18.2 Å². The average Bonchev–Trinajstić information content (AvgIpc) is 2.60. The number of hydrogen-bond donors (Lipinski definition) is 0. The topological polar surface area (TPSA) is 43.4 Å². The Morgan fingerprint density at radius 1 is 1.08 bits per heavy atom. The highest BCUT2D eigenvalue weighted by Gasteiger charge is 2.23. The van der Waals surface area contributed by atoms with Gasteiger partial charge in [-0.25, -0.2) is 4.79 Å². The number of hydrogen-bond acceptors (Lipinski definition) is 4. The molecule has 0 radical (unpaired) electrons. The second-order valence-corrected chi connectivity index (χ2v) is 7.60. The van der Waals surface area contributed by atoms with E-state index in [0.717, 1.165) is 49.1 Å². The first kappa shape index (κ1) is 21.7. The van der Waals surface area contributed by atoms with Gasteiger partial charge >= 0.3 is 5.97 Å². The summed E-state index contributed by atoms with van der Waals surface area (Å²) in [5.41, 5.74) is 1.52. The van der Waals surface area contributed by atoms with Crippen molar-refractivity contribution in [2.24, 2.45) is 0 Å². The minimum absolute atomic E-state index is 0.0773. The SMILES string of the molecule is CCC[N+](CC)(CCC)CCOC(=O)c1cccc(CSC(C)=O)c1. The maximum Gasteiger partial charge on any atom is 0.338 e. The smallest absolute Gasteiger partial charge is 0.338 e. The van der Waals surface area contributed by atoms with Gasteiger partial charge in [-0.2, -0.15) is 0 Å². The second kappa shape index (κ2) is 11.3. The van der Waals surface area contributed by atoms with E-state index < -0.39 is 0 Å². The summed E-state index contributed by atoms with van der Waals surface area (Å²) in [4.78, 5) is 23.4. The number of esters is 1. The summed E-state index contributed by atoms with van der Waals surface area (Å²) in [5, 5.41) is 0.0773. The summed E-state index contributed by atoms with van der Waals surface area (Å²) < 4.78 is 6.54. The number of carbonyl (C=O) groups is 2. The van der Waals surface area contributed by atoms with Crippen LogP contribution >= 0.6 is 11.8 Å². The van der Waals surface area contributed by atoms with E-state index in [2.05, 4.69) is 20.8 Å². The molecule has 1 rings (SSSR count). The number of ether oxygens (including phenoxy) is 1. The van der Waals surface area contributed by atoms with Crippen LogP contribution in [0.2, 0.25) is 0 Å². The molecule has 0 aliphatic rings. The van der Waals surface area contributed by atoms with Crippen molar-refractivity contribution in [2.75, 3.05) is 32.8 Å². The van der Waals surface area contributed by atoms with Crippen LogP contribution in [0, 0.1) is 0 Å². The van der Waals surface area contributed by atoms with Crippen molar-refractivity contribution >= 4 is 22.8 Å². The summed E-state index contributed by atoms with van der Waals surface area (Å²) >= 11 is 1.25. The van der Waals surface area contributed by atoms with Gasteiger partial charge in [0.15, 0.2) is 5.12 Å². The van der Waals surface area contributed by atoms with Crippen LogP contribution in [0.1, 0.15) is 56.5 Å². The fourth-order valence-electron chi connectivity index (χ4n) is 3.15. The molecule has 0 fully saturated rings. The third kappa shape index (κ3) is 7.61. The normalized spacial score (nSPS) is 11.4. The summed E-state index contributed by atoms with van der Waals surface area (Å²) in [6, 6.07) is 7.35. The zero-order chi connectivity index (χ0) is 18.7. The molecule has 0 unspecified atom stereocenters. The van der Waals surface area contributed by atoms with Gasteiger partial charge in [0.1, 0.15) is 13.2 Å². The quantitative estimate of drug-likeness (QED) is 0.433. The van der Waals surface area contributed by atoms with Gasteiger partial charge in [-0.05, 0) is 37.5 Å². The molecule has 25 heavy (non-hydrogen) atoms. The second-order valence-electron chi connectivity index (χ2n) is 6.45. The number of quaternary nitrogens is 1. The molecule has 0 amide bonds. The number of nitrogens with zero attached hydrogens (tertiary/aromatic N) is 1. The first-order valence-corrected chi connectivity index (χ1v) is 10.2. The lowest BCUT2D eigenvalue weighted by Gasteiger charge is -2.37. The maximum atomic E-state index is 12.3. The standard InChI is InChI=1S/C20H32NO3S/c1-5-11-21(7-3,12-6-2)13-14-24-20(23)19-10-8-9-18(15-19)16-25-17(4)22/h8-10,15H,5-7,11-14,16H2,1-4H3/q+1. The van der Waals surface area contributed by atoms with Crippen molar-refractivity contribution < 1.29 is 18.8 Å². The monoisotopic (exact) mass is 366 g/mol. The van der Waals surface area contributed by atoms with Crippen molar-refractivity contribution in [1.29, 1.82) is 0 Å². The van der Waals surface area contributed by atoms with E-state index in [-0.39, 0.29) is 11.1 Å². The van der Waals surface area contributed by atoms with Gasteiger partial charge in [-0.1, -0.05) is 37.7 Å². The molecule has 0 aromatic heterocycles. The molecule has 0 spiro atoms. The van der Waals surface area contributed by atoms with Gasteiger partial charge in [0, 0.05) is 12.7 Å². The summed E-state index contributed by atoms with van der Waals surface area (Å²) in [7, 11) is 0. The van der Waals surface area contributed by atoms with E-state index in [9.17, 15) is 9.59 Å². The van der Waals surface area contributed by atoms with E-state index in [4.69, 9.17) is 4.74 Å². The highest BCUT2D eigenvalue weighted by Crippen LogP contribution is 2.15. The number of likely N-dealkylation sites (N-methyl/N-ethyl adjacent to an activating group) is 1. The molecule has 0 saturated heterocycles. The van der Waals surface area contributed by atoms with E-state index in [0.29, 0.717) is 17.9 Å². The fourth-order valence-corrected chi connectivity index (χ4v) is 3.70. The molecule has 0 aliphatic carbocycles. The van der Waals surface area contributed by atoms with E-state index in [1.165, 1.54) is 11.8 Å². The number of thioether (sulfide) groups is 1. The van der Waals surface area contributed by atoms with Crippen LogP contribution in [0.25, 0.3) is 0 Å². The van der Waals surface area contributed by atoms with Crippen LogP contribution in [-0.2, 0) is 15.3 Å². The molecule has 4 nitrogen and oxygen atoms in total. The van der Waals surface area contributed by atoms with Crippen molar-refractivity contribution in [3.63, 3.8) is 0 Å². The Bertz CT molecular complexity index is 554. The van der Waals surface area contributed by atoms with Gasteiger partial charge in [0.25, 0.3) is 0 Å². The minimum Gasteiger partial charge on any atom is -0.456 e.